The van der Waals surface area contributed by atoms with Gasteiger partial charge < -0.3 is 4.74 Å². The van der Waals surface area contributed by atoms with Gasteiger partial charge in [-0.05, 0) is 19.3 Å². The van der Waals surface area contributed by atoms with Crippen molar-refractivity contribution in [2.75, 3.05) is 27.3 Å². The SMILES string of the molecule is C=CCOC(=O)N1CCCCC1C(=O)N(C)OC. The Hall–Kier alpha value is -1.56. The molecule has 0 aromatic carbocycles. The summed E-state index contributed by atoms with van der Waals surface area (Å²) in [5, 5.41) is 1.14. The molecule has 0 aliphatic carbocycles. The predicted molar refractivity (Wildman–Crippen MR) is 65.7 cm³/mol. The molecule has 0 saturated carbocycles. The van der Waals surface area contributed by atoms with Gasteiger partial charge in [-0.2, -0.15) is 0 Å². The highest BCUT2D eigenvalue weighted by molar-refractivity contribution is 5.85. The number of carbonyl (C=O) groups is 2. The first-order chi connectivity index (χ1) is 8.61. The Morgan fingerprint density at radius 3 is 2.83 bits per heavy atom. The van der Waals surface area contributed by atoms with Gasteiger partial charge >= 0.3 is 6.09 Å². The molecule has 1 heterocycles. The van der Waals surface area contributed by atoms with Crippen molar-refractivity contribution in [1.82, 2.24) is 9.96 Å². The Labute approximate surface area is 107 Å². The van der Waals surface area contributed by atoms with E-state index in [-0.39, 0.29) is 12.5 Å². The number of hydroxylamine groups is 2. The van der Waals surface area contributed by atoms with Crippen LogP contribution in [0.25, 0.3) is 0 Å². The van der Waals surface area contributed by atoms with E-state index < -0.39 is 12.1 Å². The van der Waals surface area contributed by atoms with Crippen LogP contribution in [-0.2, 0) is 14.4 Å². The highest BCUT2D eigenvalue weighted by Gasteiger charge is 2.34. The minimum absolute atomic E-state index is 0.149. The van der Waals surface area contributed by atoms with Crippen molar-refractivity contribution in [3.63, 3.8) is 0 Å². The molecule has 0 bridgehead atoms. The van der Waals surface area contributed by atoms with Crippen molar-refractivity contribution in [2.45, 2.75) is 25.3 Å². The number of ether oxygens (including phenoxy) is 1. The van der Waals surface area contributed by atoms with Crippen LogP contribution in [0.2, 0.25) is 0 Å². The van der Waals surface area contributed by atoms with Gasteiger partial charge in [-0.25, -0.2) is 9.86 Å². The molecule has 0 aromatic rings. The third kappa shape index (κ3) is 3.46. The van der Waals surface area contributed by atoms with Gasteiger partial charge in [-0.15, -0.1) is 0 Å². The fourth-order valence-electron chi connectivity index (χ4n) is 1.92. The fraction of sp³-hybridized carbons (Fsp3) is 0.667. The van der Waals surface area contributed by atoms with E-state index in [0.29, 0.717) is 13.0 Å². The van der Waals surface area contributed by atoms with Crippen molar-refractivity contribution in [3.05, 3.63) is 12.7 Å². The smallest absolute Gasteiger partial charge is 0.410 e. The molecule has 0 N–H and O–H groups in total. The topological polar surface area (TPSA) is 59.1 Å². The first kappa shape index (κ1) is 14.5. The van der Waals surface area contributed by atoms with Gasteiger partial charge in [0.05, 0.1) is 7.11 Å². The molecule has 18 heavy (non-hydrogen) atoms. The molecular formula is C12H20N2O4. The normalized spacial score (nSPS) is 19.2. The maximum atomic E-state index is 12.0. The van der Waals surface area contributed by atoms with Gasteiger partial charge in [0.1, 0.15) is 12.6 Å². The molecule has 6 nitrogen and oxygen atoms in total. The van der Waals surface area contributed by atoms with Crippen LogP contribution < -0.4 is 0 Å². The summed E-state index contributed by atoms with van der Waals surface area (Å²) in [6, 6.07) is -0.499. The fourth-order valence-corrected chi connectivity index (χ4v) is 1.92. The van der Waals surface area contributed by atoms with Crippen molar-refractivity contribution < 1.29 is 19.2 Å². The molecule has 1 rings (SSSR count). The zero-order chi connectivity index (χ0) is 13.5. The van der Waals surface area contributed by atoms with Gasteiger partial charge in [0, 0.05) is 13.6 Å². The summed E-state index contributed by atoms with van der Waals surface area (Å²) >= 11 is 0. The first-order valence-corrected chi connectivity index (χ1v) is 5.97. The standard InChI is InChI=1S/C12H20N2O4/c1-4-9-18-12(16)14-8-6-5-7-10(14)11(15)13(2)17-3/h4,10H,1,5-9H2,2-3H3. The third-order valence-electron chi connectivity index (χ3n) is 2.93. The lowest BCUT2D eigenvalue weighted by molar-refractivity contribution is -0.175. The highest BCUT2D eigenvalue weighted by atomic mass is 16.7. The molecule has 0 aromatic heterocycles. The number of likely N-dealkylation sites (tertiary alicyclic amines) is 1. The monoisotopic (exact) mass is 256 g/mol. The maximum Gasteiger partial charge on any atom is 0.410 e. The largest absolute Gasteiger partial charge is 0.445 e. The van der Waals surface area contributed by atoms with E-state index in [1.807, 2.05) is 0 Å². The predicted octanol–water partition coefficient (Wildman–Crippen LogP) is 1.18. The van der Waals surface area contributed by atoms with Crippen LogP contribution >= 0.6 is 0 Å². The van der Waals surface area contributed by atoms with E-state index in [2.05, 4.69) is 6.58 Å². The second-order valence-corrected chi connectivity index (χ2v) is 4.09. The Bertz CT molecular complexity index is 319. The van der Waals surface area contributed by atoms with E-state index in [1.165, 1.54) is 25.1 Å². The Morgan fingerprint density at radius 1 is 1.50 bits per heavy atom. The molecule has 1 aliphatic rings. The lowest BCUT2D eigenvalue weighted by Gasteiger charge is -2.35. The van der Waals surface area contributed by atoms with E-state index in [1.54, 1.807) is 0 Å². The van der Waals surface area contributed by atoms with Gasteiger partial charge in [0.2, 0.25) is 0 Å². The molecule has 1 aliphatic heterocycles. The number of hydrogen-bond acceptors (Lipinski definition) is 4. The van der Waals surface area contributed by atoms with E-state index in [4.69, 9.17) is 9.57 Å². The second-order valence-electron chi connectivity index (χ2n) is 4.09. The lowest BCUT2D eigenvalue weighted by Crippen LogP contribution is -2.52. The Morgan fingerprint density at radius 2 is 2.22 bits per heavy atom. The zero-order valence-corrected chi connectivity index (χ0v) is 10.9. The number of nitrogens with zero attached hydrogens (tertiary/aromatic N) is 2. The number of carbonyl (C=O) groups excluding carboxylic acids is 2. The molecule has 1 saturated heterocycles. The Balaban J connectivity index is 2.70. The van der Waals surface area contributed by atoms with Gasteiger partial charge in [0.15, 0.2) is 0 Å². The quantitative estimate of drug-likeness (QED) is 0.560. The number of hydrogen-bond donors (Lipinski definition) is 0. The van der Waals surface area contributed by atoms with Crippen LogP contribution in [0.1, 0.15) is 19.3 Å². The molecule has 102 valence electrons. The van der Waals surface area contributed by atoms with Crippen LogP contribution in [-0.4, -0.2) is 55.3 Å². The Kier molecular flexibility index (Phi) is 5.64. The molecule has 0 spiro atoms. The van der Waals surface area contributed by atoms with Crippen LogP contribution in [0, 0.1) is 0 Å². The number of rotatable bonds is 4. The van der Waals surface area contributed by atoms with Crippen molar-refractivity contribution in [2.24, 2.45) is 0 Å². The minimum Gasteiger partial charge on any atom is -0.445 e. The van der Waals surface area contributed by atoms with E-state index >= 15 is 0 Å². The van der Waals surface area contributed by atoms with E-state index in [9.17, 15) is 9.59 Å². The minimum atomic E-state index is -0.499. The summed E-state index contributed by atoms with van der Waals surface area (Å²) in [6.45, 7) is 4.16. The molecule has 6 heteroatoms. The first-order valence-electron chi connectivity index (χ1n) is 5.97. The second kappa shape index (κ2) is 7.00. The zero-order valence-electron chi connectivity index (χ0n) is 10.9. The van der Waals surface area contributed by atoms with Gasteiger partial charge in [0.25, 0.3) is 5.91 Å². The molecule has 2 amide bonds. The van der Waals surface area contributed by atoms with Gasteiger partial charge in [-0.3, -0.25) is 14.5 Å². The van der Waals surface area contributed by atoms with Crippen molar-refractivity contribution >= 4 is 12.0 Å². The number of amides is 2. The summed E-state index contributed by atoms with van der Waals surface area (Å²) < 4.78 is 4.98. The summed E-state index contributed by atoms with van der Waals surface area (Å²) in [5.74, 6) is -0.229. The molecule has 1 unspecified atom stereocenters. The van der Waals surface area contributed by atoms with Crippen LogP contribution in [0.3, 0.4) is 0 Å². The van der Waals surface area contributed by atoms with Crippen molar-refractivity contribution in [3.8, 4) is 0 Å². The van der Waals surface area contributed by atoms with Gasteiger partial charge in [-0.1, -0.05) is 12.7 Å². The third-order valence-corrected chi connectivity index (χ3v) is 2.93. The van der Waals surface area contributed by atoms with Crippen LogP contribution in [0.4, 0.5) is 4.79 Å². The van der Waals surface area contributed by atoms with E-state index in [0.717, 1.165) is 17.9 Å². The van der Waals surface area contributed by atoms with Crippen LogP contribution in [0.5, 0.6) is 0 Å². The molecular weight excluding hydrogens is 236 g/mol. The molecule has 0 radical (unpaired) electrons. The summed E-state index contributed by atoms with van der Waals surface area (Å²) in [7, 11) is 2.95. The van der Waals surface area contributed by atoms with Crippen molar-refractivity contribution in [1.29, 1.82) is 0 Å². The molecule has 1 atom stereocenters. The summed E-state index contributed by atoms with van der Waals surface area (Å²) in [5.41, 5.74) is 0. The lowest BCUT2D eigenvalue weighted by atomic mass is 10.0. The summed E-state index contributed by atoms with van der Waals surface area (Å²) in [6.07, 6.45) is 3.45. The average Bonchev–Trinajstić information content (AvgIpc) is 2.43. The number of piperidine rings is 1. The highest BCUT2D eigenvalue weighted by Crippen LogP contribution is 2.19. The average molecular weight is 256 g/mol. The van der Waals surface area contributed by atoms with Crippen LogP contribution in [0.15, 0.2) is 12.7 Å². The summed E-state index contributed by atoms with van der Waals surface area (Å²) in [4.78, 5) is 30.2. The number of likely N-dealkylation sites (N-methyl/N-ethyl adjacent to an activating group) is 1. The maximum absolute atomic E-state index is 12.0. The molecule has 1 fully saturated rings.